The van der Waals surface area contributed by atoms with Gasteiger partial charge in [-0.05, 0) is 19.4 Å². The zero-order valence-corrected chi connectivity index (χ0v) is 11.2. The fraction of sp³-hybridized carbons (Fsp3) is 0.250. The summed E-state index contributed by atoms with van der Waals surface area (Å²) in [6, 6.07) is 2.05. The van der Waals surface area contributed by atoms with Crippen molar-refractivity contribution in [3.05, 3.63) is 28.7 Å². The molecule has 0 aliphatic heterocycles. The van der Waals surface area contributed by atoms with Gasteiger partial charge in [0.1, 0.15) is 11.6 Å². The van der Waals surface area contributed by atoms with Gasteiger partial charge in [0, 0.05) is 0 Å². The van der Waals surface area contributed by atoms with E-state index in [0.29, 0.717) is 16.8 Å². The van der Waals surface area contributed by atoms with Gasteiger partial charge in [0.2, 0.25) is 0 Å². The number of aryl methyl sites for hydroxylation is 1. The van der Waals surface area contributed by atoms with Gasteiger partial charge in [-0.15, -0.1) is 5.10 Å². The number of nitriles is 1. The second kappa shape index (κ2) is 4.97. The molecule has 0 unspecified atom stereocenters. The van der Waals surface area contributed by atoms with Crippen molar-refractivity contribution < 1.29 is 9.53 Å². The van der Waals surface area contributed by atoms with Crippen LogP contribution in [0.3, 0.4) is 0 Å². The van der Waals surface area contributed by atoms with Crippen LogP contribution in [-0.2, 0) is 4.74 Å². The summed E-state index contributed by atoms with van der Waals surface area (Å²) in [4.78, 5) is 11.5. The summed E-state index contributed by atoms with van der Waals surface area (Å²) in [6.07, 6.45) is 1.39. The first-order valence-corrected chi connectivity index (χ1v) is 5.67. The predicted molar refractivity (Wildman–Crippen MR) is 69.1 cm³/mol. The highest BCUT2D eigenvalue weighted by atomic mass is 16.5. The van der Waals surface area contributed by atoms with E-state index in [9.17, 15) is 10.1 Å². The third kappa shape index (κ3) is 2.05. The summed E-state index contributed by atoms with van der Waals surface area (Å²) in [5.41, 5.74) is 7.49. The number of esters is 1. The standard InChI is InChI=1S/C12H12N6O2/c1-6-7(2)15-16-11(8(6)4-13)18-5-9(14)10(17-18)12(19)20-3/h5H,14H2,1-3H3. The quantitative estimate of drug-likeness (QED) is 0.791. The summed E-state index contributed by atoms with van der Waals surface area (Å²) >= 11 is 0. The van der Waals surface area contributed by atoms with Crippen molar-refractivity contribution in [1.82, 2.24) is 20.0 Å². The minimum absolute atomic E-state index is 0.0311. The molecule has 0 saturated carbocycles. The third-order valence-electron chi connectivity index (χ3n) is 2.89. The Morgan fingerprint density at radius 2 is 2.15 bits per heavy atom. The van der Waals surface area contributed by atoms with Crippen LogP contribution in [0.25, 0.3) is 5.82 Å². The predicted octanol–water partition coefficient (Wildman–Crippen LogP) is 0.520. The highest BCUT2D eigenvalue weighted by Gasteiger charge is 2.19. The summed E-state index contributed by atoms with van der Waals surface area (Å²) in [5.74, 6) is -0.436. The summed E-state index contributed by atoms with van der Waals surface area (Å²) in [6.45, 7) is 3.52. The molecule has 0 aliphatic rings. The molecule has 2 N–H and O–H groups in total. The van der Waals surface area contributed by atoms with Crippen LogP contribution in [0.15, 0.2) is 6.20 Å². The van der Waals surface area contributed by atoms with E-state index in [2.05, 4.69) is 26.1 Å². The van der Waals surface area contributed by atoms with Crippen molar-refractivity contribution in [2.45, 2.75) is 13.8 Å². The van der Waals surface area contributed by atoms with Gasteiger partial charge in [-0.2, -0.15) is 15.5 Å². The van der Waals surface area contributed by atoms with E-state index in [1.54, 1.807) is 13.8 Å². The Labute approximate surface area is 114 Å². The molecule has 0 fully saturated rings. The average molecular weight is 272 g/mol. The Morgan fingerprint density at radius 1 is 1.45 bits per heavy atom. The Bertz CT molecular complexity index is 728. The Hall–Kier alpha value is -2.95. The lowest BCUT2D eigenvalue weighted by Gasteiger charge is -2.06. The van der Waals surface area contributed by atoms with Crippen molar-refractivity contribution in [3.63, 3.8) is 0 Å². The molecule has 2 heterocycles. The number of ether oxygens (including phenoxy) is 1. The lowest BCUT2D eigenvalue weighted by Crippen LogP contribution is -2.09. The van der Waals surface area contributed by atoms with E-state index in [1.807, 2.05) is 0 Å². The van der Waals surface area contributed by atoms with Gasteiger partial charge < -0.3 is 10.5 Å². The van der Waals surface area contributed by atoms with Crippen LogP contribution in [0.2, 0.25) is 0 Å². The first-order valence-electron chi connectivity index (χ1n) is 5.67. The fourth-order valence-corrected chi connectivity index (χ4v) is 1.64. The first-order chi connectivity index (χ1) is 9.49. The molecule has 0 radical (unpaired) electrons. The average Bonchev–Trinajstić information content (AvgIpc) is 2.82. The Balaban J connectivity index is 2.62. The second-order valence-electron chi connectivity index (χ2n) is 4.09. The Morgan fingerprint density at radius 3 is 2.75 bits per heavy atom. The van der Waals surface area contributed by atoms with Gasteiger partial charge >= 0.3 is 5.97 Å². The largest absolute Gasteiger partial charge is 0.464 e. The summed E-state index contributed by atoms with van der Waals surface area (Å²) < 4.78 is 5.82. The topological polar surface area (TPSA) is 120 Å². The number of hydrogen-bond acceptors (Lipinski definition) is 7. The number of nitrogen functional groups attached to an aromatic ring is 1. The molecule has 0 amide bonds. The smallest absolute Gasteiger partial charge is 0.360 e. The lowest BCUT2D eigenvalue weighted by atomic mass is 10.1. The monoisotopic (exact) mass is 272 g/mol. The van der Waals surface area contributed by atoms with Gasteiger partial charge in [-0.25, -0.2) is 9.48 Å². The fourth-order valence-electron chi connectivity index (χ4n) is 1.64. The van der Waals surface area contributed by atoms with Crippen LogP contribution in [-0.4, -0.2) is 33.1 Å². The number of carbonyl (C=O) groups is 1. The molecule has 2 aromatic rings. The second-order valence-corrected chi connectivity index (χ2v) is 4.09. The molecule has 20 heavy (non-hydrogen) atoms. The van der Waals surface area contributed by atoms with Crippen LogP contribution >= 0.6 is 0 Å². The number of carbonyl (C=O) groups excluding carboxylic acids is 1. The van der Waals surface area contributed by atoms with Gasteiger partial charge in [0.25, 0.3) is 0 Å². The number of nitrogens with two attached hydrogens (primary N) is 1. The first kappa shape index (κ1) is 13.5. The zero-order chi connectivity index (χ0) is 14.9. The van der Waals surface area contributed by atoms with Crippen molar-refractivity contribution in [2.24, 2.45) is 0 Å². The van der Waals surface area contributed by atoms with Crippen LogP contribution in [0.1, 0.15) is 27.3 Å². The molecule has 8 nitrogen and oxygen atoms in total. The van der Waals surface area contributed by atoms with Crippen molar-refractivity contribution in [2.75, 3.05) is 12.8 Å². The molecule has 0 bridgehead atoms. The van der Waals surface area contributed by atoms with Crippen LogP contribution in [0.5, 0.6) is 0 Å². The maximum atomic E-state index is 11.5. The van der Waals surface area contributed by atoms with E-state index < -0.39 is 5.97 Å². The number of methoxy groups -OCH3 is 1. The molecule has 102 valence electrons. The van der Waals surface area contributed by atoms with E-state index in [4.69, 9.17) is 5.73 Å². The summed E-state index contributed by atoms with van der Waals surface area (Å²) in [7, 11) is 1.23. The third-order valence-corrected chi connectivity index (χ3v) is 2.89. The normalized spacial score (nSPS) is 10.1. The molecule has 0 aromatic carbocycles. The van der Waals surface area contributed by atoms with E-state index in [-0.39, 0.29) is 17.2 Å². The molecule has 2 aromatic heterocycles. The van der Waals surface area contributed by atoms with E-state index in [1.165, 1.54) is 18.0 Å². The van der Waals surface area contributed by atoms with E-state index >= 15 is 0 Å². The van der Waals surface area contributed by atoms with Crippen LogP contribution in [0, 0.1) is 25.2 Å². The van der Waals surface area contributed by atoms with Crippen LogP contribution < -0.4 is 5.73 Å². The highest BCUT2D eigenvalue weighted by Crippen LogP contribution is 2.19. The molecule has 8 heteroatoms. The minimum Gasteiger partial charge on any atom is -0.464 e. The van der Waals surface area contributed by atoms with Gasteiger partial charge in [-0.3, -0.25) is 0 Å². The molecule has 0 spiro atoms. The molecule has 0 atom stereocenters. The number of aromatic nitrogens is 4. The van der Waals surface area contributed by atoms with Gasteiger partial charge in [-0.1, -0.05) is 0 Å². The number of anilines is 1. The van der Waals surface area contributed by atoms with Gasteiger partial charge in [0.15, 0.2) is 11.5 Å². The molecule has 0 aliphatic carbocycles. The molecule has 0 saturated heterocycles. The SMILES string of the molecule is COC(=O)c1nn(-c2nnc(C)c(C)c2C#N)cc1N. The highest BCUT2D eigenvalue weighted by molar-refractivity contribution is 5.92. The van der Waals surface area contributed by atoms with Crippen molar-refractivity contribution in [1.29, 1.82) is 5.26 Å². The number of hydrogen-bond donors (Lipinski definition) is 1. The summed E-state index contributed by atoms with van der Waals surface area (Å²) in [5, 5.41) is 21.1. The Kier molecular flexibility index (Phi) is 3.35. The molecular formula is C12H12N6O2. The number of rotatable bonds is 2. The lowest BCUT2D eigenvalue weighted by molar-refractivity contribution is 0.0594. The number of nitrogens with zero attached hydrogens (tertiary/aromatic N) is 5. The minimum atomic E-state index is -0.656. The maximum absolute atomic E-state index is 11.5. The van der Waals surface area contributed by atoms with Crippen molar-refractivity contribution >= 4 is 11.7 Å². The van der Waals surface area contributed by atoms with Crippen molar-refractivity contribution in [3.8, 4) is 11.9 Å². The maximum Gasteiger partial charge on any atom is 0.360 e. The zero-order valence-electron chi connectivity index (χ0n) is 11.2. The van der Waals surface area contributed by atoms with Crippen LogP contribution in [0.4, 0.5) is 5.69 Å². The van der Waals surface area contributed by atoms with E-state index in [0.717, 1.165) is 0 Å². The molecule has 2 rings (SSSR count). The molecular weight excluding hydrogens is 260 g/mol. The van der Waals surface area contributed by atoms with Gasteiger partial charge in [0.05, 0.1) is 24.7 Å².